The average molecular weight is 227 g/mol. The molecule has 2 heteroatoms. The fourth-order valence-corrected chi connectivity index (χ4v) is 1.51. The zero-order valence-corrected chi connectivity index (χ0v) is 8.76. The molecule has 0 saturated heterocycles. The smallest absolute Gasteiger partial charge is 0.138 e. The lowest BCUT2D eigenvalue weighted by Gasteiger charge is -2.05. The van der Waals surface area contributed by atoms with Gasteiger partial charge in [0.1, 0.15) is 6.29 Å². The Morgan fingerprint density at radius 3 is 2.17 bits per heavy atom. The van der Waals surface area contributed by atoms with Gasteiger partial charge in [-0.25, -0.2) is 0 Å². The molecule has 1 aromatic carbocycles. The van der Waals surface area contributed by atoms with Crippen molar-refractivity contribution >= 4 is 22.2 Å². The summed E-state index contributed by atoms with van der Waals surface area (Å²) >= 11 is 3.29. The number of alkyl halides is 1. The van der Waals surface area contributed by atoms with Crippen molar-refractivity contribution in [2.45, 2.75) is 18.7 Å². The fourth-order valence-electron chi connectivity index (χ4n) is 1.25. The number of aryl methyl sites for hydroxylation is 2. The van der Waals surface area contributed by atoms with Crippen LogP contribution in [0.25, 0.3) is 0 Å². The van der Waals surface area contributed by atoms with Gasteiger partial charge in [-0.2, -0.15) is 0 Å². The average Bonchev–Trinajstić information content (AvgIpc) is 2.01. The predicted octanol–water partition coefficient (Wildman–Crippen LogP) is 2.94. The SMILES string of the molecule is Cc1cc(C)cc(C(Br)C=O)c1. The fraction of sp³-hybridized carbons (Fsp3) is 0.300. The Bertz CT molecular complexity index is 274. The van der Waals surface area contributed by atoms with Crippen LogP contribution in [0.1, 0.15) is 21.5 Å². The maximum Gasteiger partial charge on any atom is 0.138 e. The van der Waals surface area contributed by atoms with Gasteiger partial charge in [-0.15, -0.1) is 0 Å². The lowest BCUT2D eigenvalue weighted by atomic mass is 10.1. The van der Waals surface area contributed by atoms with Crippen LogP contribution in [0, 0.1) is 13.8 Å². The molecule has 1 aromatic rings. The summed E-state index contributed by atoms with van der Waals surface area (Å²) in [5.41, 5.74) is 3.41. The van der Waals surface area contributed by atoms with Gasteiger partial charge in [0.2, 0.25) is 0 Å². The van der Waals surface area contributed by atoms with E-state index in [4.69, 9.17) is 0 Å². The summed E-state index contributed by atoms with van der Waals surface area (Å²) in [6.45, 7) is 4.06. The van der Waals surface area contributed by atoms with Crippen molar-refractivity contribution in [3.05, 3.63) is 34.9 Å². The van der Waals surface area contributed by atoms with Crippen LogP contribution in [0.3, 0.4) is 0 Å². The van der Waals surface area contributed by atoms with Gasteiger partial charge in [0, 0.05) is 0 Å². The molecule has 0 spiro atoms. The monoisotopic (exact) mass is 226 g/mol. The molecule has 0 aliphatic rings. The van der Waals surface area contributed by atoms with Crippen LogP contribution in [-0.2, 0) is 4.79 Å². The van der Waals surface area contributed by atoms with Gasteiger partial charge in [-0.1, -0.05) is 45.3 Å². The minimum Gasteiger partial charge on any atom is -0.302 e. The zero-order chi connectivity index (χ0) is 9.14. The van der Waals surface area contributed by atoms with Crippen LogP contribution < -0.4 is 0 Å². The minimum atomic E-state index is -0.170. The maximum atomic E-state index is 10.5. The van der Waals surface area contributed by atoms with Crippen molar-refractivity contribution in [1.82, 2.24) is 0 Å². The standard InChI is InChI=1S/C10H11BrO/c1-7-3-8(2)5-9(4-7)10(11)6-12/h3-6,10H,1-2H3. The first kappa shape index (κ1) is 9.46. The molecule has 1 unspecified atom stereocenters. The third kappa shape index (κ3) is 2.18. The van der Waals surface area contributed by atoms with Crippen LogP contribution >= 0.6 is 15.9 Å². The summed E-state index contributed by atoms with van der Waals surface area (Å²) in [5.74, 6) is 0. The molecule has 0 saturated carbocycles. The van der Waals surface area contributed by atoms with Crippen molar-refractivity contribution in [1.29, 1.82) is 0 Å². The number of hydrogen-bond donors (Lipinski definition) is 0. The van der Waals surface area contributed by atoms with Crippen molar-refractivity contribution < 1.29 is 4.79 Å². The Hall–Kier alpha value is -0.630. The molecule has 0 aromatic heterocycles. The molecule has 1 rings (SSSR count). The topological polar surface area (TPSA) is 17.1 Å². The molecule has 0 aliphatic heterocycles. The first-order valence-electron chi connectivity index (χ1n) is 3.81. The van der Waals surface area contributed by atoms with E-state index in [1.807, 2.05) is 26.0 Å². The van der Waals surface area contributed by atoms with Crippen LogP contribution in [0.15, 0.2) is 18.2 Å². The number of carbonyl (C=O) groups excluding carboxylic acids is 1. The first-order valence-corrected chi connectivity index (χ1v) is 4.72. The summed E-state index contributed by atoms with van der Waals surface area (Å²) < 4.78 is 0. The van der Waals surface area contributed by atoms with E-state index in [9.17, 15) is 4.79 Å². The summed E-state index contributed by atoms with van der Waals surface area (Å²) in [6, 6.07) is 6.12. The van der Waals surface area contributed by atoms with Crippen LogP contribution in [0.5, 0.6) is 0 Å². The normalized spacial score (nSPS) is 12.6. The third-order valence-electron chi connectivity index (χ3n) is 1.68. The molecule has 0 aliphatic carbocycles. The largest absolute Gasteiger partial charge is 0.302 e. The van der Waals surface area contributed by atoms with E-state index in [2.05, 4.69) is 22.0 Å². The molecule has 0 heterocycles. The Labute approximate surface area is 80.9 Å². The molecule has 0 radical (unpaired) electrons. The van der Waals surface area contributed by atoms with E-state index in [1.165, 1.54) is 11.1 Å². The molecule has 12 heavy (non-hydrogen) atoms. The second-order valence-corrected chi connectivity index (χ2v) is 3.95. The van der Waals surface area contributed by atoms with Crippen molar-refractivity contribution in [3.8, 4) is 0 Å². The molecule has 0 bridgehead atoms. The zero-order valence-electron chi connectivity index (χ0n) is 7.17. The molecule has 1 nitrogen and oxygen atoms in total. The van der Waals surface area contributed by atoms with E-state index in [-0.39, 0.29) is 4.83 Å². The molecule has 0 amide bonds. The summed E-state index contributed by atoms with van der Waals surface area (Å²) in [6.07, 6.45) is 0.897. The highest BCUT2D eigenvalue weighted by Crippen LogP contribution is 2.22. The minimum absolute atomic E-state index is 0.170. The lowest BCUT2D eigenvalue weighted by molar-refractivity contribution is -0.107. The number of aldehydes is 1. The molecule has 64 valence electrons. The lowest BCUT2D eigenvalue weighted by Crippen LogP contribution is -1.92. The van der Waals surface area contributed by atoms with E-state index in [0.717, 1.165) is 11.8 Å². The number of carbonyl (C=O) groups is 1. The number of rotatable bonds is 2. The van der Waals surface area contributed by atoms with Crippen LogP contribution in [0.4, 0.5) is 0 Å². The van der Waals surface area contributed by atoms with E-state index in [0.29, 0.717) is 0 Å². The van der Waals surface area contributed by atoms with Gasteiger partial charge >= 0.3 is 0 Å². The number of halogens is 1. The number of hydrogen-bond acceptors (Lipinski definition) is 1. The Balaban J connectivity index is 3.08. The summed E-state index contributed by atoms with van der Waals surface area (Å²) in [7, 11) is 0. The summed E-state index contributed by atoms with van der Waals surface area (Å²) in [4.78, 5) is 10.3. The van der Waals surface area contributed by atoms with Crippen molar-refractivity contribution in [3.63, 3.8) is 0 Å². The van der Waals surface area contributed by atoms with Gasteiger partial charge < -0.3 is 4.79 Å². The van der Waals surface area contributed by atoms with Gasteiger partial charge in [0.15, 0.2) is 0 Å². The van der Waals surface area contributed by atoms with Gasteiger partial charge in [-0.05, 0) is 19.4 Å². The Morgan fingerprint density at radius 2 is 1.75 bits per heavy atom. The Kier molecular flexibility index (Phi) is 3.04. The Morgan fingerprint density at radius 1 is 1.25 bits per heavy atom. The van der Waals surface area contributed by atoms with Crippen molar-refractivity contribution in [2.75, 3.05) is 0 Å². The molecular formula is C10H11BrO. The predicted molar refractivity (Wildman–Crippen MR) is 53.6 cm³/mol. The van der Waals surface area contributed by atoms with Crippen LogP contribution in [-0.4, -0.2) is 6.29 Å². The highest BCUT2D eigenvalue weighted by Gasteiger charge is 2.05. The molecule has 0 fully saturated rings. The quantitative estimate of drug-likeness (QED) is 0.560. The van der Waals surface area contributed by atoms with Gasteiger partial charge in [-0.3, -0.25) is 0 Å². The van der Waals surface area contributed by atoms with E-state index >= 15 is 0 Å². The molecule has 0 N–H and O–H groups in total. The van der Waals surface area contributed by atoms with Crippen LogP contribution in [0.2, 0.25) is 0 Å². The highest BCUT2D eigenvalue weighted by molar-refractivity contribution is 9.09. The van der Waals surface area contributed by atoms with Gasteiger partial charge in [0.25, 0.3) is 0 Å². The maximum absolute atomic E-state index is 10.5. The van der Waals surface area contributed by atoms with Gasteiger partial charge in [0.05, 0.1) is 4.83 Å². The summed E-state index contributed by atoms with van der Waals surface area (Å²) in [5, 5.41) is 0. The molecule has 1 atom stereocenters. The number of benzene rings is 1. The second kappa shape index (κ2) is 3.85. The highest BCUT2D eigenvalue weighted by atomic mass is 79.9. The second-order valence-electron chi connectivity index (χ2n) is 2.96. The first-order chi connectivity index (χ1) is 5.63. The molecular weight excluding hydrogens is 216 g/mol. The van der Waals surface area contributed by atoms with Crippen molar-refractivity contribution in [2.24, 2.45) is 0 Å². The third-order valence-corrected chi connectivity index (χ3v) is 2.43. The van der Waals surface area contributed by atoms with E-state index in [1.54, 1.807) is 0 Å². The van der Waals surface area contributed by atoms with E-state index < -0.39 is 0 Å².